The van der Waals surface area contributed by atoms with Gasteiger partial charge < -0.3 is 29.9 Å². The Kier molecular flexibility index (Phi) is 15.4. The number of benzene rings is 1. The van der Waals surface area contributed by atoms with Crippen LogP contribution in [0, 0.1) is 0 Å². The van der Waals surface area contributed by atoms with Crippen LogP contribution in [-0.2, 0) is 9.47 Å². The quantitative estimate of drug-likeness (QED) is 0.316. The van der Waals surface area contributed by atoms with E-state index in [2.05, 4.69) is 30.7 Å². The Morgan fingerprint density at radius 1 is 0.735 bits per heavy atom. The summed E-state index contributed by atoms with van der Waals surface area (Å²) in [5.41, 5.74) is 1.08. The fourth-order valence-electron chi connectivity index (χ4n) is 1.52. The predicted octanol–water partition coefficient (Wildman–Crippen LogP) is 3.52. The number of nitrogens with zero attached hydrogens (tertiary/aromatic N) is 2. The lowest BCUT2D eigenvalue weighted by molar-refractivity contribution is 0.176. The van der Waals surface area contributed by atoms with E-state index in [9.17, 15) is 19.2 Å². The zero-order chi connectivity index (χ0) is 26.3. The Morgan fingerprint density at radius 2 is 1.06 bits per heavy atom. The zero-order valence-electron chi connectivity index (χ0n) is 19.3. The number of nitrogens with one attached hydrogen (secondary N) is 4. The second-order valence-electron chi connectivity index (χ2n) is 6.17. The number of thiocarbonyl (C=S) groups is 2. The van der Waals surface area contributed by atoms with Gasteiger partial charge in [-0.2, -0.15) is 0 Å². The second kappa shape index (κ2) is 16.7. The van der Waals surface area contributed by atoms with Gasteiger partial charge in [-0.05, 0) is 36.6 Å². The van der Waals surface area contributed by atoms with Gasteiger partial charge in [0.15, 0.2) is 10.2 Å². The monoisotopic (exact) mass is 550 g/mol. The van der Waals surface area contributed by atoms with Gasteiger partial charge in [-0.3, -0.25) is 20.2 Å². The minimum absolute atomic E-state index is 0.0490. The summed E-state index contributed by atoms with van der Waals surface area (Å²) in [5.74, 6) is 0. The molecule has 34 heavy (non-hydrogen) atoms. The lowest BCUT2D eigenvalue weighted by Gasteiger charge is -2.15. The van der Waals surface area contributed by atoms with Crippen LogP contribution in [0.25, 0.3) is 0 Å². The van der Waals surface area contributed by atoms with Gasteiger partial charge in [0.1, 0.15) is 0 Å². The van der Waals surface area contributed by atoms with E-state index < -0.39 is 12.2 Å². The standard InChI is InChI=1S/C12H14N4O4S2.C6H12N2O2S2/c1-19-11(17)15-9(21)13-7-5-3-4-6-8(7)14-10(22)16-12(18)20-2;1-7(2)5(9)11-12-6(10)8(3)4/h3-6H,1-2H3,(H2,13,15,17,21)(H2,14,16,18,22);1-4H3. The smallest absolute Gasteiger partial charge is 0.413 e. The number of amides is 4. The molecule has 0 aliphatic carbocycles. The van der Waals surface area contributed by atoms with E-state index in [0.29, 0.717) is 11.4 Å². The number of carbonyl (C=O) groups is 4. The van der Waals surface area contributed by atoms with Gasteiger partial charge in [-0.15, -0.1) is 0 Å². The van der Waals surface area contributed by atoms with E-state index in [1.807, 2.05) is 0 Å². The molecular weight excluding hydrogens is 525 g/mol. The molecule has 0 unspecified atom stereocenters. The minimum atomic E-state index is -0.689. The molecule has 0 saturated carbocycles. The van der Waals surface area contributed by atoms with Crippen molar-refractivity contribution in [1.82, 2.24) is 20.4 Å². The van der Waals surface area contributed by atoms with E-state index in [1.54, 1.807) is 52.5 Å². The van der Waals surface area contributed by atoms with Crippen molar-refractivity contribution in [2.45, 2.75) is 0 Å². The van der Waals surface area contributed by atoms with Gasteiger partial charge in [0, 0.05) is 49.8 Å². The van der Waals surface area contributed by atoms with Crippen LogP contribution in [0.3, 0.4) is 0 Å². The second-order valence-corrected chi connectivity index (χ2v) is 9.02. The molecule has 1 rings (SSSR count). The van der Waals surface area contributed by atoms with E-state index in [-0.39, 0.29) is 20.7 Å². The van der Waals surface area contributed by atoms with E-state index >= 15 is 0 Å². The highest BCUT2D eigenvalue weighted by Gasteiger charge is 2.11. The molecular formula is C18H26N6O6S4. The summed E-state index contributed by atoms with van der Waals surface area (Å²) >= 11 is 9.93. The molecule has 188 valence electrons. The first-order valence-electron chi connectivity index (χ1n) is 9.09. The summed E-state index contributed by atoms with van der Waals surface area (Å²) in [5, 5.41) is 10.1. The van der Waals surface area contributed by atoms with Gasteiger partial charge in [-0.1, -0.05) is 12.1 Å². The molecule has 0 atom stereocenters. The third-order valence-electron chi connectivity index (χ3n) is 3.14. The summed E-state index contributed by atoms with van der Waals surface area (Å²) in [6.45, 7) is 0. The Balaban J connectivity index is 0.000000770. The Labute approximate surface area is 216 Å². The summed E-state index contributed by atoms with van der Waals surface area (Å²) in [4.78, 5) is 46.9. The Morgan fingerprint density at radius 3 is 1.32 bits per heavy atom. The molecule has 0 aliphatic heterocycles. The maximum absolute atomic E-state index is 11.1. The Bertz CT molecular complexity index is 828. The van der Waals surface area contributed by atoms with Crippen LogP contribution in [0.1, 0.15) is 0 Å². The van der Waals surface area contributed by atoms with Crippen molar-refractivity contribution in [3.63, 3.8) is 0 Å². The topological polar surface area (TPSA) is 141 Å². The van der Waals surface area contributed by atoms with Crippen molar-refractivity contribution < 1.29 is 28.7 Å². The number of hydrogen-bond donors (Lipinski definition) is 4. The van der Waals surface area contributed by atoms with E-state index in [1.165, 1.54) is 24.0 Å². The molecule has 1 aromatic rings. The van der Waals surface area contributed by atoms with Gasteiger partial charge in [-0.25, -0.2) is 9.59 Å². The van der Waals surface area contributed by atoms with Crippen LogP contribution in [0.5, 0.6) is 0 Å². The summed E-state index contributed by atoms with van der Waals surface area (Å²) in [6, 6.07) is 6.92. The fraction of sp³-hybridized carbons (Fsp3) is 0.333. The Hall–Kier alpha value is -2.82. The van der Waals surface area contributed by atoms with Crippen LogP contribution in [-0.4, -0.2) is 85.1 Å². The molecule has 0 radical (unpaired) electrons. The molecule has 0 aromatic heterocycles. The SMILES string of the molecule is CN(C)C(=O)SSC(=O)N(C)C.COC(=O)NC(=S)Nc1ccccc1NC(=S)NC(=O)OC. The highest BCUT2D eigenvalue weighted by molar-refractivity contribution is 8.87. The van der Waals surface area contributed by atoms with Crippen LogP contribution >= 0.6 is 46.0 Å². The van der Waals surface area contributed by atoms with Crippen LogP contribution in [0.4, 0.5) is 30.6 Å². The predicted molar refractivity (Wildman–Crippen MR) is 143 cm³/mol. The number of carbonyl (C=O) groups excluding carboxylic acids is 4. The molecule has 0 heterocycles. The number of alkyl carbamates (subject to hydrolysis) is 2. The third kappa shape index (κ3) is 13.7. The lowest BCUT2D eigenvalue weighted by Crippen LogP contribution is -2.35. The molecule has 0 bridgehead atoms. The number of ether oxygens (including phenoxy) is 2. The van der Waals surface area contributed by atoms with Crippen molar-refractivity contribution in [3.8, 4) is 0 Å². The number of para-hydroxylation sites is 2. The number of methoxy groups -OCH3 is 2. The highest BCUT2D eigenvalue weighted by atomic mass is 33.1. The molecule has 0 spiro atoms. The fourth-order valence-corrected chi connectivity index (χ4v) is 3.67. The number of hydrogen-bond acceptors (Lipinski definition) is 10. The number of anilines is 2. The van der Waals surface area contributed by atoms with Crippen molar-refractivity contribution in [3.05, 3.63) is 24.3 Å². The van der Waals surface area contributed by atoms with Gasteiger partial charge in [0.25, 0.3) is 10.5 Å². The zero-order valence-corrected chi connectivity index (χ0v) is 22.6. The summed E-state index contributed by atoms with van der Waals surface area (Å²) < 4.78 is 8.87. The molecule has 4 N–H and O–H groups in total. The molecule has 0 saturated heterocycles. The summed E-state index contributed by atoms with van der Waals surface area (Å²) in [6.07, 6.45) is -1.38. The van der Waals surface area contributed by atoms with Crippen molar-refractivity contribution in [2.75, 3.05) is 53.0 Å². The molecule has 0 aliphatic rings. The van der Waals surface area contributed by atoms with Crippen LogP contribution in [0.2, 0.25) is 0 Å². The maximum Gasteiger partial charge on any atom is 0.413 e. The van der Waals surface area contributed by atoms with Gasteiger partial charge in [0.05, 0.1) is 25.6 Å². The average Bonchev–Trinajstić information content (AvgIpc) is 2.78. The van der Waals surface area contributed by atoms with Crippen molar-refractivity contribution in [2.24, 2.45) is 0 Å². The van der Waals surface area contributed by atoms with Gasteiger partial charge >= 0.3 is 12.2 Å². The first-order chi connectivity index (χ1) is 15.9. The van der Waals surface area contributed by atoms with Crippen molar-refractivity contribution >= 4 is 90.3 Å². The molecule has 4 amide bonds. The normalized spacial score (nSPS) is 9.24. The minimum Gasteiger partial charge on any atom is -0.453 e. The third-order valence-corrected chi connectivity index (χ3v) is 5.75. The van der Waals surface area contributed by atoms with Gasteiger partial charge in [0.2, 0.25) is 0 Å². The number of rotatable bonds is 2. The van der Waals surface area contributed by atoms with E-state index in [0.717, 1.165) is 21.6 Å². The lowest BCUT2D eigenvalue weighted by atomic mass is 10.2. The van der Waals surface area contributed by atoms with Crippen LogP contribution in [0.15, 0.2) is 24.3 Å². The molecule has 16 heteroatoms. The molecule has 12 nitrogen and oxygen atoms in total. The molecule has 1 aromatic carbocycles. The van der Waals surface area contributed by atoms with Crippen LogP contribution < -0.4 is 21.3 Å². The highest BCUT2D eigenvalue weighted by Crippen LogP contribution is 2.25. The maximum atomic E-state index is 11.1. The largest absolute Gasteiger partial charge is 0.453 e. The van der Waals surface area contributed by atoms with E-state index in [4.69, 9.17) is 24.4 Å². The first-order valence-corrected chi connectivity index (χ1v) is 12.1. The first kappa shape index (κ1) is 31.2. The average molecular weight is 551 g/mol. The molecule has 0 fully saturated rings. The van der Waals surface area contributed by atoms with Crippen molar-refractivity contribution in [1.29, 1.82) is 0 Å². The summed E-state index contributed by atoms with van der Waals surface area (Å²) in [7, 11) is 10.9.